The summed E-state index contributed by atoms with van der Waals surface area (Å²) in [5, 5.41) is 29.5. The third kappa shape index (κ3) is 4.67. The van der Waals surface area contributed by atoms with Crippen LogP contribution in [-0.2, 0) is 27.4 Å². The average molecular weight is 360 g/mol. The molecule has 2 aromatic carbocycles. The van der Waals surface area contributed by atoms with E-state index in [0.717, 1.165) is 11.1 Å². The second-order valence-corrected chi connectivity index (χ2v) is 6.26. The second-order valence-electron chi connectivity index (χ2n) is 6.26. The Kier molecular flexibility index (Phi) is 6.73. The van der Waals surface area contributed by atoms with E-state index in [1.165, 1.54) is 0 Å². The fourth-order valence-corrected chi connectivity index (χ4v) is 2.98. The van der Waals surface area contributed by atoms with Gasteiger partial charge in [0.1, 0.15) is 24.4 Å². The van der Waals surface area contributed by atoms with Crippen LogP contribution in [0.4, 0.5) is 0 Å². The van der Waals surface area contributed by atoms with Crippen LogP contribution >= 0.6 is 0 Å². The molecule has 0 aliphatic carbocycles. The van der Waals surface area contributed by atoms with Crippen LogP contribution in [0.25, 0.3) is 0 Å². The summed E-state index contributed by atoms with van der Waals surface area (Å²) in [5.74, 6) is 0. The van der Waals surface area contributed by atoms with Crippen LogP contribution in [0.5, 0.6) is 0 Å². The monoisotopic (exact) mass is 360 g/mol. The predicted molar refractivity (Wildman–Crippen MR) is 94.0 cm³/mol. The number of aliphatic hydroxyl groups excluding tert-OH is 3. The first-order chi connectivity index (χ1) is 12.7. The first-order valence-corrected chi connectivity index (χ1v) is 8.62. The van der Waals surface area contributed by atoms with E-state index < -0.39 is 37.3 Å². The van der Waals surface area contributed by atoms with E-state index in [4.69, 9.17) is 14.2 Å². The van der Waals surface area contributed by atoms with E-state index in [9.17, 15) is 15.3 Å². The molecular formula is C20H24O6. The van der Waals surface area contributed by atoms with Crippen molar-refractivity contribution < 1.29 is 29.5 Å². The molecule has 140 valence electrons. The zero-order chi connectivity index (χ0) is 18.4. The molecule has 1 saturated heterocycles. The fourth-order valence-electron chi connectivity index (χ4n) is 2.98. The molecule has 0 radical (unpaired) electrons. The van der Waals surface area contributed by atoms with Gasteiger partial charge in [0, 0.05) is 0 Å². The van der Waals surface area contributed by atoms with Crippen molar-refractivity contribution in [2.45, 2.75) is 43.9 Å². The average Bonchev–Trinajstić information content (AvgIpc) is 3.01. The van der Waals surface area contributed by atoms with Gasteiger partial charge in [-0.3, -0.25) is 0 Å². The van der Waals surface area contributed by atoms with Crippen LogP contribution < -0.4 is 0 Å². The summed E-state index contributed by atoms with van der Waals surface area (Å²) < 4.78 is 17.2. The Hall–Kier alpha value is -1.80. The Morgan fingerprint density at radius 2 is 1.35 bits per heavy atom. The zero-order valence-electron chi connectivity index (χ0n) is 14.3. The van der Waals surface area contributed by atoms with E-state index >= 15 is 0 Å². The lowest BCUT2D eigenvalue weighted by Crippen LogP contribution is -2.43. The molecule has 3 rings (SSSR count). The molecule has 0 spiro atoms. The van der Waals surface area contributed by atoms with Gasteiger partial charge in [0.2, 0.25) is 0 Å². The SMILES string of the molecule is OC[C@@H](O)[C@H]1O[C@@H](O)[C@@H](OCc2ccccc2)[C@@H]1OCc1ccccc1. The molecule has 1 aliphatic heterocycles. The Bertz CT molecular complexity index is 650. The van der Waals surface area contributed by atoms with Crippen LogP contribution in [0.3, 0.4) is 0 Å². The first-order valence-electron chi connectivity index (χ1n) is 8.62. The minimum Gasteiger partial charge on any atom is -0.394 e. The molecule has 0 aromatic heterocycles. The standard InChI is InChI=1S/C20H24O6/c21-11-16(22)17-18(24-12-14-7-3-1-4-8-14)19(20(23)26-17)25-13-15-9-5-2-6-10-15/h1-10,16-23H,11-13H2/t16-,17-,18-,19+,20-/m1/s1. The molecule has 1 fully saturated rings. The summed E-state index contributed by atoms with van der Waals surface area (Å²) in [7, 11) is 0. The minimum atomic E-state index is -1.24. The normalized spacial score (nSPS) is 26.7. The van der Waals surface area contributed by atoms with Gasteiger partial charge in [-0.2, -0.15) is 0 Å². The summed E-state index contributed by atoms with van der Waals surface area (Å²) in [6, 6.07) is 19.1. The van der Waals surface area contributed by atoms with E-state index in [1.807, 2.05) is 60.7 Å². The van der Waals surface area contributed by atoms with Crippen LogP contribution in [0.2, 0.25) is 0 Å². The molecule has 5 atom stereocenters. The first kappa shape index (κ1) is 19.0. The highest BCUT2D eigenvalue weighted by atomic mass is 16.7. The van der Waals surface area contributed by atoms with Gasteiger partial charge in [-0.15, -0.1) is 0 Å². The van der Waals surface area contributed by atoms with Gasteiger partial charge in [-0.1, -0.05) is 60.7 Å². The molecule has 6 nitrogen and oxygen atoms in total. The molecule has 1 aliphatic rings. The third-order valence-corrected chi connectivity index (χ3v) is 4.36. The van der Waals surface area contributed by atoms with Crippen molar-refractivity contribution >= 4 is 0 Å². The van der Waals surface area contributed by atoms with E-state index in [1.54, 1.807) is 0 Å². The Labute approximate surface area is 152 Å². The lowest BCUT2D eigenvalue weighted by atomic mass is 10.1. The number of rotatable bonds is 8. The van der Waals surface area contributed by atoms with Crippen molar-refractivity contribution in [1.82, 2.24) is 0 Å². The quantitative estimate of drug-likeness (QED) is 0.656. The van der Waals surface area contributed by atoms with Crippen molar-refractivity contribution in [3.8, 4) is 0 Å². The van der Waals surface area contributed by atoms with Crippen LogP contribution in [-0.4, -0.2) is 52.6 Å². The number of benzene rings is 2. The molecule has 26 heavy (non-hydrogen) atoms. The number of hydrogen-bond donors (Lipinski definition) is 3. The maximum Gasteiger partial charge on any atom is 0.184 e. The molecule has 6 heteroatoms. The van der Waals surface area contributed by atoms with Gasteiger partial charge in [-0.25, -0.2) is 0 Å². The highest BCUT2D eigenvalue weighted by molar-refractivity contribution is 5.14. The summed E-state index contributed by atoms with van der Waals surface area (Å²) >= 11 is 0. The molecule has 1 heterocycles. The van der Waals surface area contributed by atoms with Gasteiger partial charge < -0.3 is 29.5 Å². The maximum atomic E-state index is 10.2. The lowest BCUT2D eigenvalue weighted by Gasteiger charge is -2.25. The molecular weight excluding hydrogens is 336 g/mol. The summed E-state index contributed by atoms with van der Waals surface area (Å²) in [4.78, 5) is 0. The molecule has 2 aromatic rings. The van der Waals surface area contributed by atoms with Gasteiger partial charge in [0.05, 0.1) is 19.8 Å². The van der Waals surface area contributed by atoms with Gasteiger partial charge >= 0.3 is 0 Å². The zero-order valence-corrected chi connectivity index (χ0v) is 14.3. The van der Waals surface area contributed by atoms with E-state index in [-0.39, 0.29) is 13.2 Å². The molecule has 0 amide bonds. The largest absolute Gasteiger partial charge is 0.394 e. The third-order valence-electron chi connectivity index (χ3n) is 4.36. The van der Waals surface area contributed by atoms with Crippen molar-refractivity contribution in [1.29, 1.82) is 0 Å². The smallest absolute Gasteiger partial charge is 0.184 e. The van der Waals surface area contributed by atoms with Crippen molar-refractivity contribution in [3.63, 3.8) is 0 Å². The lowest BCUT2D eigenvalue weighted by molar-refractivity contribution is -0.160. The summed E-state index contributed by atoms with van der Waals surface area (Å²) in [5.41, 5.74) is 1.90. The highest BCUT2D eigenvalue weighted by Gasteiger charge is 2.48. The van der Waals surface area contributed by atoms with E-state index in [0.29, 0.717) is 0 Å². The van der Waals surface area contributed by atoms with Gasteiger partial charge in [-0.05, 0) is 11.1 Å². The van der Waals surface area contributed by atoms with Crippen molar-refractivity contribution in [3.05, 3.63) is 71.8 Å². The Morgan fingerprint density at radius 1 is 0.846 bits per heavy atom. The minimum absolute atomic E-state index is 0.277. The Morgan fingerprint density at radius 3 is 1.85 bits per heavy atom. The number of aliphatic hydroxyl groups is 3. The predicted octanol–water partition coefficient (Wildman–Crippen LogP) is 1.23. The highest BCUT2D eigenvalue weighted by Crippen LogP contribution is 2.29. The summed E-state index contributed by atoms with van der Waals surface area (Å²) in [6.07, 6.45) is -4.78. The van der Waals surface area contributed by atoms with Crippen LogP contribution in [0.1, 0.15) is 11.1 Å². The Balaban J connectivity index is 1.69. The topological polar surface area (TPSA) is 88.4 Å². The van der Waals surface area contributed by atoms with Crippen LogP contribution in [0, 0.1) is 0 Å². The molecule has 3 N–H and O–H groups in total. The number of hydrogen-bond acceptors (Lipinski definition) is 6. The fraction of sp³-hybridized carbons (Fsp3) is 0.400. The molecule has 0 bridgehead atoms. The molecule has 0 saturated carbocycles. The van der Waals surface area contributed by atoms with Crippen molar-refractivity contribution in [2.24, 2.45) is 0 Å². The second kappa shape index (κ2) is 9.23. The van der Waals surface area contributed by atoms with Crippen LogP contribution in [0.15, 0.2) is 60.7 Å². The van der Waals surface area contributed by atoms with E-state index in [2.05, 4.69) is 0 Å². The number of ether oxygens (including phenoxy) is 3. The molecule has 0 unspecified atom stereocenters. The van der Waals surface area contributed by atoms with Gasteiger partial charge in [0.25, 0.3) is 0 Å². The maximum absolute atomic E-state index is 10.2. The van der Waals surface area contributed by atoms with Gasteiger partial charge in [0.15, 0.2) is 6.29 Å². The summed E-state index contributed by atoms with van der Waals surface area (Å²) in [6.45, 7) is 0.0640. The van der Waals surface area contributed by atoms with Crippen molar-refractivity contribution in [2.75, 3.05) is 6.61 Å².